The second kappa shape index (κ2) is 12.8. The van der Waals surface area contributed by atoms with E-state index in [0.29, 0.717) is 28.0 Å². The van der Waals surface area contributed by atoms with Crippen molar-refractivity contribution in [3.63, 3.8) is 0 Å². The highest BCUT2D eigenvalue weighted by Gasteiger charge is 2.15. The first kappa shape index (κ1) is 22.1. The van der Waals surface area contributed by atoms with E-state index in [1.165, 1.54) is 4.90 Å². The first-order chi connectivity index (χ1) is 28.1. The van der Waals surface area contributed by atoms with E-state index in [0.717, 1.165) is 33.0 Å². The second-order valence-electron chi connectivity index (χ2n) is 11.9. The van der Waals surface area contributed by atoms with Crippen molar-refractivity contribution in [2.45, 2.75) is 0 Å². The van der Waals surface area contributed by atoms with Gasteiger partial charge in [-0.05, 0) is 99.0 Å². The Bertz CT molecular complexity index is 2960. The molecule has 0 saturated carbocycles. The molecule has 0 radical (unpaired) electrons. The second-order valence-corrected chi connectivity index (χ2v) is 11.9. The van der Waals surface area contributed by atoms with Crippen molar-refractivity contribution in [1.82, 2.24) is 0 Å². The predicted molar refractivity (Wildman–Crippen MR) is 210 cm³/mol. The molecule has 0 amide bonds. The molecule has 0 saturated heterocycles. The molecular weight excluding hydrogens is 607 g/mol. The van der Waals surface area contributed by atoms with Crippen LogP contribution < -0.4 is 4.90 Å². The fourth-order valence-electron chi connectivity index (χ4n) is 6.27. The lowest BCUT2D eigenvalue weighted by molar-refractivity contribution is 0.669. The van der Waals surface area contributed by atoms with Gasteiger partial charge in [0, 0.05) is 27.8 Å². The molecule has 0 bridgehead atoms. The molecule has 0 aliphatic rings. The van der Waals surface area contributed by atoms with Crippen LogP contribution in [0, 0.1) is 0 Å². The van der Waals surface area contributed by atoms with Crippen LogP contribution in [-0.4, -0.2) is 0 Å². The fourth-order valence-corrected chi connectivity index (χ4v) is 6.27. The van der Waals surface area contributed by atoms with Gasteiger partial charge in [-0.2, -0.15) is 0 Å². The normalized spacial score (nSPS) is 13.4. The van der Waals surface area contributed by atoms with Gasteiger partial charge in [-0.1, -0.05) is 145 Å². The first-order valence-corrected chi connectivity index (χ1v) is 16.4. The van der Waals surface area contributed by atoms with Gasteiger partial charge in [0.2, 0.25) is 0 Å². The number of fused-ring (bicyclic) bond motifs is 3. The zero-order chi connectivity index (χ0) is 40.2. The molecule has 0 atom stereocenters. The Morgan fingerprint density at radius 3 is 1.32 bits per heavy atom. The SMILES string of the molecule is [2H]c1c([2H])c(N(c2ccc(-c3ccccc3)cc2)c2c([2H])c([2H])c(-c3ccc4c(c3)oc3ccccc34)c([2H])c2[2H])c([2H])c([2H])c1-c1ccc(-c2ccccc2)cc1. The van der Waals surface area contributed by atoms with Crippen LogP contribution in [0.25, 0.3) is 66.4 Å². The number of anilines is 3. The van der Waals surface area contributed by atoms with Crippen molar-refractivity contribution in [2.24, 2.45) is 0 Å². The Kier molecular flexibility index (Phi) is 5.63. The summed E-state index contributed by atoms with van der Waals surface area (Å²) in [5, 5.41) is 1.78. The Morgan fingerprint density at radius 1 is 0.320 bits per heavy atom. The highest BCUT2D eigenvalue weighted by atomic mass is 16.3. The third-order valence-electron chi connectivity index (χ3n) is 8.85. The van der Waals surface area contributed by atoms with E-state index in [9.17, 15) is 11.0 Å². The molecule has 1 heterocycles. The van der Waals surface area contributed by atoms with Crippen molar-refractivity contribution in [1.29, 1.82) is 0 Å². The van der Waals surface area contributed by atoms with Crippen LogP contribution in [0.3, 0.4) is 0 Å². The minimum Gasteiger partial charge on any atom is -0.456 e. The van der Waals surface area contributed by atoms with E-state index in [1.807, 2.05) is 115 Å². The lowest BCUT2D eigenvalue weighted by atomic mass is 10.00. The van der Waals surface area contributed by atoms with Gasteiger partial charge in [0.15, 0.2) is 0 Å². The summed E-state index contributed by atoms with van der Waals surface area (Å²) in [7, 11) is 0. The first-order valence-electron chi connectivity index (χ1n) is 20.4. The maximum Gasteiger partial charge on any atom is 0.136 e. The van der Waals surface area contributed by atoms with Crippen LogP contribution in [0.2, 0.25) is 0 Å². The predicted octanol–water partition coefficient (Wildman–Crippen LogP) is 13.7. The molecule has 0 aliphatic carbocycles. The minimum atomic E-state index is -0.412. The number of rotatable bonds is 7. The molecule has 0 aliphatic heterocycles. The van der Waals surface area contributed by atoms with Crippen LogP contribution in [0.5, 0.6) is 0 Å². The number of furan rings is 1. The molecular formula is C48H33NO. The number of para-hydroxylation sites is 1. The highest BCUT2D eigenvalue weighted by molar-refractivity contribution is 6.05. The Hall–Kier alpha value is -6.64. The van der Waals surface area contributed by atoms with Crippen LogP contribution >= 0.6 is 0 Å². The summed E-state index contributed by atoms with van der Waals surface area (Å²) in [6, 6.07) is 43.9. The topological polar surface area (TPSA) is 16.4 Å². The average Bonchev–Trinajstić information content (AvgIpc) is 3.64. The largest absolute Gasteiger partial charge is 0.456 e. The zero-order valence-corrected chi connectivity index (χ0v) is 26.8. The molecule has 9 rings (SSSR count). The van der Waals surface area contributed by atoms with E-state index >= 15 is 0 Å². The molecule has 0 spiro atoms. The van der Waals surface area contributed by atoms with E-state index < -0.39 is 24.2 Å². The summed E-state index contributed by atoms with van der Waals surface area (Å²) in [5.74, 6) is 0. The monoisotopic (exact) mass is 647 g/mol. The van der Waals surface area contributed by atoms with Crippen molar-refractivity contribution in [3.05, 3.63) is 200 Å². The van der Waals surface area contributed by atoms with Gasteiger partial charge < -0.3 is 9.32 Å². The summed E-state index contributed by atoms with van der Waals surface area (Å²) in [4.78, 5) is 1.32. The molecule has 0 unspecified atom stereocenters. The summed E-state index contributed by atoms with van der Waals surface area (Å²) >= 11 is 0. The maximum absolute atomic E-state index is 9.42. The van der Waals surface area contributed by atoms with Gasteiger partial charge >= 0.3 is 0 Å². The van der Waals surface area contributed by atoms with Crippen LogP contribution in [0.1, 0.15) is 11.0 Å². The van der Waals surface area contributed by atoms with Gasteiger partial charge in [-0.3, -0.25) is 0 Å². The Labute approximate surface area is 303 Å². The summed E-state index contributed by atoms with van der Waals surface area (Å²) in [6.45, 7) is 0. The highest BCUT2D eigenvalue weighted by Crippen LogP contribution is 2.39. The van der Waals surface area contributed by atoms with Crippen LogP contribution in [0.4, 0.5) is 17.1 Å². The molecule has 2 heteroatoms. The van der Waals surface area contributed by atoms with Gasteiger partial charge in [-0.25, -0.2) is 0 Å². The molecule has 2 nitrogen and oxygen atoms in total. The zero-order valence-electron chi connectivity index (χ0n) is 34.8. The van der Waals surface area contributed by atoms with Crippen molar-refractivity contribution in [2.75, 3.05) is 4.90 Å². The van der Waals surface area contributed by atoms with Gasteiger partial charge in [-0.15, -0.1) is 0 Å². The quantitative estimate of drug-likeness (QED) is 0.171. The van der Waals surface area contributed by atoms with Crippen molar-refractivity contribution < 1.29 is 15.4 Å². The number of benzene rings is 8. The Morgan fingerprint density at radius 2 is 0.740 bits per heavy atom. The lowest BCUT2D eigenvalue weighted by Gasteiger charge is -2.26. The standard InChI is InChI=1S/C48H33NO/c1-3-9-34(10-4-1)36-15-17-37(18-16-36)39-21-28-43(29-22-39)49(42-26-19-38(20-27-42)35-11-5-2-6-12-35)44-30-23-40(24-31-44)41-25-32-46-45-13-7-8-14-47(45)50-48(46)33-41/h1-33H/i21D,22D,23D,24D,28D,29D,30D,31D. The van der Waals surface area contributed by atoms with E-state index in [1.54, 1.807) is 36.4 Å². The smallest absolute Gasteiger partial charge is 0.136 e. The summed E-state index contributed by atoms with van der Waals surface area (Å²) in [5.41, 5.74) is 5.99. The lowest BCUT2D eigenvalue weighted by Crippen LogP contribution is -2.09. The molecule has 1 aromatic heterocycles. The fraction of sp³-hybridized carbons (Fsp3) is 0. The molecule has 236 valence electrons. The number of hydrogen-bond donors (Lipinski definition) is 0. The van der Waals surface area contributed by atoms with Crippen molar-refractivity contribution >= 4 is 39.0 Å². The summed E-state index contributed by atoms with van der Waals surface area (Å²) in [6.07, 6.45) is 0. The molecule has 0 N–H and O–H groups in total. The minimum absolute atomic E-state index is 0.0642. The number of hydrogen-bond acceptors (Lipinski definition) is 2. The van der Waals surface area contributed by atoms with Crippen molar-refractivity contribution in [3.8, 4) is 44.5 Å². The Balaban J connectivity index is 1.22. The van der Waals surface area contributed by atoms with Crippen LogP contribution in [0.15, 0.2) is 204 Å². The van der Waals surface area contributed by atoms with Gasteiger partial charge in [0.25, 0.3) is 0 Å². The molecule has 0 fully saturated rings. The molecule has 8 aromatic carbocycles. The van der Waals surface area contributed by atoms with E-state index in [4.69, 9.17) is 4.42 Å². The van der Waals surface area contributed by atoms with Gasteiger partial charge in [0.1, 0.15) is 11.2 Å². The molecule has 9 aromatic rings. The van der Waals surface area contributed by atoms with Gasteiger partial charge in [0.05, 0.1) is 11.0 Å². The van der Waals surface area contributed by atoms with Crippen LogP contribution in [-0.2, 0) is 0 Å². The van der Waals surface area contributed by atoms with E-state index in [-0.39, 0.29) is 46.7 Å². The summed E-state index contributed by atoms with van der Waals surface area (Å²) < 4.78 is 80.8. The average molecular weight is 648 g/mol. The third kappa shape index (κ3) is 5.63. The number of nitrogens with zero attached hydrogens (tertiary/aromatic N) is 1. The maximum atomic E-state index is 9.42. The van der Waals surface area contributed by atoms with E-state index in [2.05, 4.69) is 0 Å². The molecule has 50 heavy (non-hydrogen) atoms. The third-order valence-corrected chi connectivity index (χ3v) is 8.85.